The van der Waals surface area contributed by atoms with Gasteiger partial charge in [0.2, 0.25) is 0 Å². The monoisotopic (exact) mass is 326 g/mol. The molecule has 1 heterocycles. The largest absolute Gasteiger partial charge is 0.324 e. The van der Waals surface area contributed by atoms with Crippen LogP contribution in [0.1, 0.15) is 18.5 Å². The van der Waals surface area contributed by atoms with Crippen LogP contribution in [-0.2, 0) is 0 Å². The molecule has 1 aromatic carbocycles. The number of halogens is 2. The predicted molar refractivity (Wildman–Crippen MR) is 75.1 cm³/mol. The Morgan fingerprint density at radius 2 is 2.17 bits per heavy atom. The van der Waals surface area contributed by atoms with E-state index in [-0.39, 0.29) is 11.9 Å². The molecule has 0 radical (unpaired) electrons. The van der Waals surface area contributed by atoms with E-state index in [1.807, 2.05) is 19.1 Å². The first-order chi connectivity index (χ1) is 8.58. The zero-order chi connectivity index (χ0) is 13.1. The van der Waals surface area contributed by atoms with Crippen molar-refractivity contribution in [3.8, 4) is 0 Å². The summed E-state index contributed by atoms with van der Waals surface area (Å²) in [6.07, 6.45) is 1.72. The van der Waals surface area contributed by atoms with Crippen molar-refractivity contribution in [3.05, 3.63) is 52.4 Å². The molecule has 1 atom stereocenters. The molecule has 0 aliphatic rings. The fourth-order valence-corrected chi connectivity index (χ4v) is 3.00. The van der Waals surface area contributed by atoms with Gasteiger partial charge in [-0.25, -0.2) is 9.37 Å². The van der Waals surface area contributed by atoms with Gasteiger partial charge in [0.25, 0.3) is 0 Å². The minimum absolute atomic E-state index is 0.217. The van der Waals surface area contributed by atoms with Gasteiger partial charge in [-0.3, -0.25) is 0 Å². The maximum atomic E-state index is 13.2. The summed E-state index contributed by atoms with van der Waals surface area (Å²) in [7, 11) is 0. The number of rotatable bonds is 3. The van der Waals surface area contributed by atoms with Crippen LogP contribution in [0.5, 0.6) is 0 Å². The third kappa shape index (κ3) is 3.10. The second kappa shape index (κ2) is 5.82. The number of pyridine rings is 1. The SMILES string of the molecule is C[C@H](N)c1cc(F)ccc1Sc1ncccc1Br. The zero-order valence-corrected chi connectivity index (χ0v) is 12.1. The first-order valence-corrected chi connectivity index (χ1v) is 7.02. The van der Waals surface area contributed by atoms with Crippen LogP contribution in [0.15, 0.2) is 50.9 Å². The molecular weight excluding hydrogens is 315 g/mol. The van der Waals surface area contributed by atoms with Gasteiger partial charge >= 0.3 is 0 Å². The molecule has 2 nitrogen and oxygen atoms in total. The van der Waals surface area contributed by atoms with Crippen LogP contribution in [0.2, 0.25) is 0 Å². The molecule has 0 saturated carbocycles. The van der Waals surface area contributed by atoms with Gasteiger partial charge < -0.3 is 5.73 Å². The lowest BCUT2D eigenvalue weighted by Crippen LogP contribution is -2.06. The maximum Gasteiger partial charge on any atom is 0.123 e. The fraction of sp³-hybridized carbons (Fsp3) is 0.154. The van der Waals surface area contributed by atoms with Gasteiger partial charge in [0, 0.05) is 17.1 Å². The molecule has 0 unspecified atom stereocenters. The summed E-state index contributed by atoms with van der Waals surface area (Å²) >= 11 is 4.91. The molecule has 2 rings (SSSR count). The summed E-state index contributed by atoms with van der Waals surface area (Å²) in [5.41, 5.74) is 6.65. The zero-order valence-electron chi connectivity index (χ0n) is 9.73. The average molecular weight is 327 g/mol. The van der Waals surface area contributed by atoms with Crippen LogP contribution in [-0.4, -0.2) is 4.98 Å². The first kappa shape index (κ1) is 13.5. The van der Waals surface area contributed by atoms with Crippen molar-refractivity contribution in [2.75, 3.05) is 0 Å². The van der Waals surface area contributed by atoms with Crippen molar-refractivity contribution < 1.29 is 4.39 Å². The summed E-state index contributed by atoms with van der Waals surface area (Å²) in [5.74, 6) is -0.272. The molecule has 2 N–H and O–H groups in total. The number of hydrogen-bond acceptors (Lipinski definition) is 3. The summed E-state index contributed by atoms with van der Waals surface area (Å²) < 4.78 is 14.1. The molecule has 18 heavy (non-hydrogen) atoms. The summed E-state index contributed by atoms with van der Waals surface area (Å²) in [4.78, 5) is 5.20. The summed E-state index contributed by atoms with van der Waals surface area (Å²) in [6, 6.07) is 8.20. The highest BCUT2D eigenvalue weighted by Crippen LogP contribution is 2.35. The highest BCUT2D eigenvalue weighted by atomic mass is 79.9. The second-order valence-corrected chi connectivity index (χ2v) is 5.75. The number of nitrogens with two attached hydrogens (primary N) is 1. The lowest BCUT2D eigenvalue weighted by Gasteiger charge is -2.12. The van der Waals surface area contributed by atoms with E-state index in [1.54, 1.807) is 12.3 Å². The van der Waals surface area contributed by atoms with Gasteiger partial charge in [-0.05, 0) is 58.7 Å². The van der Waals surface area contributed by atoms with Gasteiger partial charge in [0.15, 0.2) is 0 Å². The van der Waals surface area contributed by atoms with Crippen LogP contribution >= 0.6 is 27.7 Å². The van der Waals surface area contributed by atoms with Crippen molar-refractivity contribution in [1.82, 2.24) is 4.98 Å². The standard InChI is InChI=1S/C13H12BrFN2S/c1-8(16)10-7-9(15)4-5-12(10)18-13-11(14)3-2-6-17-13/h2-8H,16H2,1H3/t8-/m0/s1. The minimum Gasteiger partial charge on any atom is -0.324 e. The topological polar surface area (TPSA) is 38.9 Å². The lowest BCUT2D eigenvalue weighted by atomic mass is 10.1. The van der Waals surface area contributed by atoms with Gasteiger partial charge in [-0.1, -0.05) is 11.8 Å². The molecule has 0 aliphatic heterocycles. The fourth-order valence-electron chi connectivity index (χ4n) is 1.52. The molecular formula is C13H12BrFN2S. The highest BCUT2D eigenvalue weighted by Gasteiger charge is 2.11. The summed E-state index contributed by atoms with van der Waals surface area (Å²) in [6.45, 7) is 1.84. The van der Waals surface area contributed by atoms with E-state index < -0.39 is 0 Å². The molecule has 2 aromatic rings. The van der Waals surface area contributed by atoms with Gasteiger partial charge in [0.05, 0.1) is 4.47 Å². The highest BCUT2D eigenvalue weighted by molar-refractivity contribution is 9.10. The second-order valence-electron chi connectivity index (χ2n) is 3.86. The van der Waals surface area contributed by atoms with E-state index in [1.165, 1.54) is 23.9 Å². The Bertz CT molecular complexity index is 560. The van der Waals surface area contributed by atoms with Crippen molar-refractivity contribution in [1.29, 1.82) is 0 Å². The van der Waals surface area contributed by atoms with Crippen molar-refractivity contribution >= 4 is 27.7 Å². The van der Waals surface area contributed by atoms with E-state index in [9.17, 15) is 4.39 Å². The molecule has 0 bridgehead atoms. The molecule has 0 aliphatic carbocycles. The maximum absolute atomic E-state index is 13.2. The Morgan fingerprint density at radius 3 is 2.83 bits per heavy atom. The lowest BCUT2D eigenvalue weighted by molar-refractivity contribution is 0.619. The molecule has 1 aromatic heterocycles. The van der Waals surface area contributed by atoms with Crippen molar-refractivity contribution in [2.24, 2.45) is 5.73 Å². The molecule has 94 valence electrons. The van der Waals surface area contributed by atoms with Crippen molar-refractivity contribution in [3.63, 3.8) is 0 Å². The van der Waals surface area contributed by atoms with Crippen LogP contribution in [0.4, 0.5) is 4.39 Å². The normalized spacial score (nSPS) is 12.4. The average Bonchev–Trinajstić information content (AvgIpc) is 2.34. The Hall–Kier alpha value is -0.910. The van der Waals surface area contributed by atoms with Gasteiger partial charge in [0.1, 0.15) is 10.8 Å². The Balaban J connectivity index is 2.37. The van der Waals surface area contributed by atoms with Crippen LogP contribution in [0.25, 0.3) is 0 Å². The Labute approximate surface area is 118 Å². The Morgan fingerprint density at radius 1 is 1.39 bits per heavy atom. The smallest absolute Gasteiger partial charge is 0.123 e. The molecule has 0 fully saturated rings. The Kier molecular flexibility index (Phi) is 4.37. The number of hydrogen-bond donors (Lipinski definition) is 1. The summed E-state index contributed by atoms with van der Waals surface area (Å²) in [5, 5.41) is 0.839. The molecule has 0 spiro atoms. The van der Waals surface area contributed by atoms with E-state index in [2.05, 4.69) is 20.9 Å². The molecule has 0 saturated heterocycles. The van der Waals surface area contributed by atoms with Crippen LogP contribution < -0.4 is 5.73 Å². The third-order valence-electron chi connectivity index (χ3n) is 2.39. The van der Waals surface area contributed by atoms with E-state index in [0.29, 0.717) is 0 Å². The number of benzene rings is 1. The number of nitrogens with zero attached hydrogens (tertiary/aromatic N) is 1. The molecule has 0 amide bonds. The third-order valence-corrected chi connectivity index (χ3v) is 4.41. The van der Waals surface area contributed by atoms with Gasteiger partial charge in [-0.2, -0.15) is 0 Å². The number of aromatic nitrogens is 1. The van der Waals surface area contributed by atoms with E-state index in [0.717, 1.165) is 20.0 Å². The predicted octanol–water partition coefficient (Wildman–Crippen LogP) is 4.15. The minimum atomic E-state index is -0.272. The van der Waals surface area contributed by atoms with Crippen LogP contribution in [0, 0.1) is 5.82 Å². The van der Waals surface area contributed by atoms with E-state index >= 15 is 0 Å². The van der Waals surface area contributed by atoms with Gasteiger partial charge in [-0.15, -0.1) is 0 Å². The molecule has 5 heteroatoms. The first-order valence-electron chi connectivity index (χ1n) is 5.41. The van der Waals surface area contributed by atoms with Crippen molar-refractivity contribution in [2.45, 2.75) is 22.9 Å². The quantitative estimate of drug-likeness (QED) is 0.920. The van der Waals surface area contributed by atoms with Crippen LogP contribution in [0.3, 0.4) is 0 Å². The van der Waals surface area contributed by atoms with E-state index in [4.69, 9.17) is 5.73 Å².